The molecule has 7 nitrogen and oxygen atoms in total. The van der Waals surface area contributed by atoms with Crippen molar-refractivity contribution in [2.45, 2.75) is 42.9 Å². The summed E-state index contributed by atoms with van der Waals surface area (Å²) in [5.74, 6) is 0.0679. The first-order valence-electron chi connectivity index (χ1n) is 9.51. The summed E-state index contributed by atoms with van der Waals surface area (Å²) in [6, 6.07) is 3.27. The summed E-state index contributed by atoms with van der Waals surface area (Å²) in [6.07, 6.45) is 4.96. The zero-order chi connectivity index (χ0) is 19.4. The second-order valence-corrected chi connectivity index (χ2v) is 8.86. The third kappa shape index (κ3) is 3.97. The number of amides is 1. The lowest BCUT2D eigenvalue weighted by molar-refractivity contribution is 0.0729. The van der Waals surface area contributed by atoms with E-state index in [0.29, 0.717) is 43.2 Å². The highest BCUT2D eigenvalue weighted by Gasteiger charge is 2.36. The molecule has 150 valence electrons. The molecule has 0 atom stereocenters. The van der Waals surface area contributed by atoms with Gasteiger partial charge in [0.05, 0.1) is 20.3 Å². The van der Waals surface area contributed by atoms with Gasteiger partial charge in [-0.3, -0.25) is 4.79 Å². The maximum absolute atomic E-state index is 13.6. The van der Waals surface area contributed by atoms with E-state index in [-0.39, 0.29) is 16.7 Å². The molecule has 0 radical (unpaired) electrons. The first-order valence-corrected chi connectivity index (χ1v) is 11.0. The quantitative estimate of drug-likeness (QED) is 0.824. The van der Waals surface area contributed by atoms with E-state index in [9.17, 15) is 13.2 Å². The minimum atomic E-state index is -3.80. The van der Waals surface area contributed by atoms with E-state index < -0.39 is 10.0 Å². The highest BCUT2D eigenvalue weighted by atomic mass is 32.2. The van der Waals surface area contributed by atoms with Gasteiger partial charge in [-0.2, -0.15) is 4.31 Å². The predicted molar refractivity (Wildman–Crippen MR) is 102 cm³/mol. The van der Waals surface area contributed by atoms with Gasteiger partial charge in [0.2, 0.25) is 10.0 Å². The summed E-state index contributed by atoms with van der Waals surface area (Å²) in [4.78, 5) is 12.7. The number of hydrogen-bond acceptors (Lipinski definition) is 5. The Kier molecular flexibility index (Phi) is 6.39. The lowest BCUT2D eigenvalue weighted by Crippen LogP contribution is -2.41. The van der Waals surface area contributed by atoms with Gasteiger partial charge in [-0.1, -0.05) is 19.3 Å². The lowest BCUT2D eigenvalue weighted by Gasteiger charge is -2.31. The van der Waals surface area contributed by atoms with Crippen LogP contribution in [0.25, 0.3) is 0 Å². The average molecular weight is 397 g/mol. The molecule has 8 heteroatoms. The molecule has 1 N–H and O–H groups in total. The number of carbonyl (C=O) groups excluding carboxylic acids is 1. The van der Waals surface area contributed by atoms with Crippen molar-refractivity contribution in [2.75, 3.05) is 40.5 Å². The van der Waals surface area contributed by atoms with Crippen molar-refractivity contribution in [3.63, 3.8) is 0 Å². The van der Waals surface area contributed by atoms with Crippen molar-refractivity contribution >= 4 is 15.9 Å². The van der Waals surface area contributed by atoms with Crippen LogP contribution in [0.5, 0.6) is 5.75 Å². The minimum absolute atomic E-state index is 0.0342. The summed E-state index contributed by atoms with van der Waals surface area (Å²) >= 11 is 0. The van der Waals surface area contributed by atoms with E-state index in [4.69, 9.17) is 9.47 Å². The van der Waals surface area contributed by atoms with Gasteiger partial charge in [-0.25, -0.2) is 8.42 Å². The van der Waals surface area contributed by atoms with Crippen molar-refractivity contribution in [2.24, 2.45) is 0 Å². The van der Waals surface area contributed by atoms with E-state index >= 15 is 0 Å². The summed E-state index contributed by atoms with van der Waals surface area (Å²) in [6.45, 7) is 1.35. The predicted octanol–water partition coefficient (Wildman–Crippen LogP) is 2.12. The zero-order valence-electron chi connectivity index (χ0n) is 16.0. The van der Waals surface area contributed by atoms with E-state index in [1.807, 2.05) is 0 Å². The summed E-state index contributed by atoms with van der Waals surface area (Å²) < 4.78 is 39.3. The second kappa shape index (κ2) is 8.58. The third-order valence-corrected chi connectivity index (χ3v) is 7.41. The van der Waals surface area contributed by atoms with Crippen LogP contribution in [-0.4, -0.2) is 59.1 Å². The fraction of sp³-hybridized carbons (Fsp3) is 0.632. The summed E-state index contributed by atoms with van der Waals surface area (Å²) in [5, 5.41) is 2.65. The molecule has 2 aliphatic rings. The largest absolute Gasteiger partial charge is 0.495 e. The van der Waals surface area contributed by atoms with Crippen LogP contribution >= 0.6 is 0 Å². The van der Waals surface area contributed by atoms with Gasteiger partial charge in [0, 0.05) is 25.7 Å². The molecule has 0 aromatic heterocycles. The number of methoxy groups -OCH3 is 1. The van der Waals surface area contributed by atoms with Crippen LogP contribution in [0.1, 0.15) is 53.9 Å². The van der Waals surface area contributed by atoms with Crippen LogP contribution in [0, 0.1) is 0 Å². The smallest absolute Gasteiger partial charge is 0.251 e. The van der Waals surface area contributed by atoms with Crippen LogP contribution < -0.4 is 10.1 Å². The lowest BCUT2D eigenvalue weighted by atomic mass is 9.81. The average Bonchev–Trinajstić information content (AvgIpc) is 2.73. The fourth-order valence-corrected chi connectivity index (χ4v) is 5.90. The maximum atomic E-state index is 13.6. The number of ether oxygens (including phenoxy) is 2. The van der Waals surface area contributed by atoms with Gasteiger partial charge in [-0.15, -0.1) is 0 Å². The molecular weight excluding hydrogens is 368 g/mol. The van der Waals surface area contributed by atoms with E-state index in [2.05, 4.69) is 5.32 Å². The first-order chi connectivity index (χ1) is 13.0. The molecule has 1 saturated carbocycles. The maximum Gasteiger partial charge on any atom is 0.251 e. The Hall–Kier alpha value is -1.64. The van der Waals surface area contributed by atoms with Crippen LogP contribution in [0.4, 0.5) is 0 Å². The number of carbonyl (C=O) groups is 1. The molecule has 0 bridgehead atoms. The third-order valence-electron chi connectivity index (χ3n) is 5.43. The minimum Gasteiger partial charge on any atom is -0.495 e. The molecule has 0 spiro atoms. The van der Waals surface area contributed by atoms with Gasteiger partial charge >= 0.3 is 0 Å². The molecule has 3 rings (SSSR count). The van der Waals surface area contributed by atoms with Crippen LogP contribution in [0.15, 0.2) is 17.0 Å². The Balaban J connectivity index is 2.21. The van der Waals surface area contributed by atoms with E-state index in [1.165, 1.54) is 11.4 Å². The fourth-order valence-electron chi connectivity index (χ4n) is 4.05. The summed E-state index contributed by atoms with van der Waals surface area (Å²) in [5.41, 5.74) is 1.04. The Labute approximate surface area is 161 Å². The standard InChI is InChI=1S/C19H28N2O5S/c1-20-19(22)15-8-9-16(25-2)18(17(15)14-6-4-3-5-7-14)27(23,24)21-10-12-26-13-11-21/h8-9,14H,3-7,10-13H2,1-2H3,(H,20,22). The molecule has 1 aliphatic heterocycles. The van der Waals surface area contributed by atoms with Gasteiger partial charge in [-0.05, 0) is 36.5 Å². The zero-order valence-corrected chi connectivity index (χ0v) is 16.8. The van der Waals surface area contributed by atoms with E-state index in [0.717, 1.165) is 32.1 Å². The van der Waals surface area contributed by atoms with Crippen molar-refractivity contribution in [3.05, 3.63) is 23.3 Å². The number of rotatable bonds is 5. The van der Waals surface area contributed by atoms with Crippen molar-refractivity contribution in [1.29, 1.82) is 0 Å². The molecule has 0 unspecified atom stereocenters. The molecule has 27 heavy (non-hydrogen) atoms. The van der Waals surface area contributed by atoms with Crippen LogP contribution in [0.2, 0.25) is 0 Å². The number of nitrogens with one attached hydrogen (secondary N) is 1. The molecular formula is C19H28N2O5S. The highest BCUT2D eigenvalue weighted by Crippen LogP contribution is 2.42. The Bertz CT molecular complexity index is 782. The van der Waals surface area contributed by atoms with Crippen LogP contribution in [-0.2, 0) is 14.8 Å². The Morgan fingerprint density at radius 1 is 1.19 bits per heavy atom. The monoisotopic (exact) mass is 396 g/mol. The van der Waals surface area contributed by atoms with Gasteiger partial charge in [0.15, 0.2) is 0 Å². The molecule has 2 fully saturated rings. The molecule has 1 aromatic carbocycles. The number of nitrogens with zero attached hydrogens (tertiary/aromatic N) is 1. The van der Waals surface area contributed by atoms with Crippen molar-refractivity contribution < 1.29 is 22.7 Å². The van der Waals surface area contributed by atoms with Crippen molar-refractivity contribution in [3.8, 4) is 5.75 Å². The number of hydrogen-bond donors (Lipinski definition) is 1. The Morgan fingerprint density at radius 3 is 2.44 bits per heavy atom. The molecule has 1 saturated heterocycles. The SMILES string of the molecule is CNC(=O)c1ccc(OC)c(S(=O)(=O)N2CCOCC2)c1C1CCCCC1. The normalized spacial score (nSPS) is 19.6. The Morgan fingerprint density at radius 2 is 1.85 bits per heavy atom. The second-order valence-electron chi connectivity index (χ2n) is 6.99. The molecule has 1 heterocycles. The summed E-state index contributed by atoms with van der Waals surface area (Å²) in [7, 11) is -0.768. The number of sulfonamides is 1. The highest BCUT2D eigenvalue weighted by molar-refractivity contribution is 7.89. The van der Waals surface area contributed by atoms with Crippen molar-refractivity contribution in [1.82, 2.24) is 9.62 Å². The van der Waals surface area contributed by atoms with E-state index in [1.54, 1.807) is 19.2 Å². The molecule has 1 amide bonds. The topological polar surface area (TPSA) is 84.9 Å². The first kappa shape index (κ1) is 20.1. The molecule has 1 aromatic rings. The molecule has 1 aliphatic carbocycles. The van der Waals surface area contributed by atoms with Gasteiger partial charge in [0.1, 0.15) is 10.6 Å². The van der Waals surface area contributed by atoms with Gasteiger partial charge in [0.25, 0.3) is 5.91 Å². The number of morpholine rings is 1. The number of benzene rings is 1. The van der Waals surface area contributed by atoms with Gasteiger partial charge < -0.3 is 14.8 Å². The van der Waals surface area contributed by atoms with Crippen LogP contribution in [0.3, 0.4) is 0 Å².